The van der Waals surface area contributed by atoms with Crippen molar-refractivity contribution in [3.05, 3.63) is 53.2 Å². The van der Waals surface area contributed by atoms with E-state index in [1.165, 1.54) is 5.56 Å². The first-order valence-corrected chi connectivity index (χ1v) is 9.36. The van der Waals surface area contributed by atoms with Crippen LogP contribution in [0.15, 0.2) is 36.5 Å². The Morgan fingerprint density at radius 2 is 2.04 bits per heavy atom. The zero-order valence-corrected chi connectivity index (χ0v) is 16.4. The predicted molar refractivity (Wildman–Crippen MR) is 108 cm³/mol. The van der Waals surface area contributed by atoms with E-state index in [4.69, 9.17) is 5.73 Å². The van der Waals surface area contributed by atoms with Crippen molar-refractivity contribution in [2.24, 2.45) is 5.92 Å². The number of anilines is 1. The van der Waals surface area contributed by atoms with Crippen molar-refractivity contribution in [1.82, 2.24) is 19.4 Å². The number of aryl methyl sites for hydroxylation is 2. The number of amides is 1. The summed E-state index contributed by atoms with van der Waals surface area (Å²) < 4.78 is 1.84. The lowest BCUT2D eigenvalue weighted by Gasteiger charge is -2.25. The number of imidazole rings is 1. The Bertz CT molecular complexity index is 960. The molecule has 0 fully saturated rings. The quantitative estimate of drug-likeness (QED) is 0.723. The largest absolute Gasteiger partial charge is 0.369 e. The summed E-state index contributed by atoms with van der Waals surface area (Å²) in [6.45, 7) is 10.2. The fourth-order valence-corrected chi connectivity index (χ4v) is 3.29. The number of aromatic nitrogens is 3. The Morgan fingerprint density at radius 3 is 2.70 bits per heavy atom. The fourth-order valence-electron chi connectivity index (χ4n) is 3.29. The third-order valence-electron chi connectivity index (χ3n) is 4.67. The molecule has 0 atom stereocenters. The molecule has 2 heterocycles. The molecule has 6 heteroatoms. The highest BCUT2D eigenvalue weighted by Gasteiger charge is 2.20. The summed E-state index contributed by atoms with van der Waals surface area (Å²) in [5.41, 5.74) is 10.2. The zero-order chi connectivity index (χ0) is 19.6. The second-order valence-electron chi connectivity index (χ2n) is 7.29. The maximum absolute atomic E-state index is 13.2. The summed E-state index contributed by atoms with van der Waals surface area (Å²) in [5.74, 6) is 0.749. The summed E-state index contributed by atoms with van der Waals surface area (Å²) >= 11 is 0. The van der Waals surface area contributed by atoms with E-state index in [2.05, 4.69) is 42.9 Å². The molecule has 2 aromatic heterocycles. The second-order valence-corrected chi connectivity index (χ2v) is 7.29. The van der Waals surface area contributed by atoms with Gasteiger partial charge in [0.25, 0.3) is 5.91 Å². The van der Waals surface area contributed by atoms with Crippen molar-refractivity contribution >= 4 is 23.0 Å². The smallest absolute Gasteiger partial charge is 0.255 e. The number of hydrogen-bond donors (Lipinski definition) is 1. The van der Waals surface area contributed by atoms with Gasteiger partial charge in [-0.25, -0.2) is 9.97 Å². The molecule has 142 valence electrons. The van der Waals surface area contributed by atoms with Crippen LogP contribution in [0.2, 0.25) is 0 Å². The monoisotopic (exact) mass is 365 g/mol. The lowest BCUT2D eigenvalue weighted by molar-refractivity contribution is 0.0722. The average Bonchev–Trinajstić information content (AvgIpc) is 2.96. The van der Waals surface area contributed by atoms with Crippen LogP contribution in [0.4, 0.5) is 5.95 Å². The molecule has 27 heavy (non-hydrogen) atoms. The van der Waals surface area contributed by atoms with E-state index in [1.807, 2.05) is 28.5 Å². The summed E-state index contributed by atoms with van der Waals surface area (Å²) in [7, 11) is 0. The van der Waals surface area contributed by atoms with Crippen LogP contribution in [0.1, 0.15) is 42.3 Å². The number of hydrogen-bond acceptors (Lipinski definition) is 4. The number of nitrogens with zero attached hydrogens (tertiary/aromatic N) is 4. The van der Waals surface area contributed by atoms with E-state index in [0.717, 1.165) is 5.56 Å². The molecule has 0 unspecified atom stereocenters. The molecule has 0 bridgehead atoms. The first-order valence-electron chi connectivity index (χ1n) is 9.36. The van der Waals surface area contributed by atoms with Gasteiger partial charge in [-0.2, -0.15) is 0 Å². The van der Waals surface area contributed by atoms with E-state index in [0.29, 0.717) is 48.2 Å². The molecule has 1 aromatic carbocycles. The van der Waals surface area contributed by atoms with Crippen LogP contribution >= 0.6 is 0 Å². The number of rotatable bonds is 6. The molecular formula is C21H27N5O. The number of benzene rings is 1. The first-order chi connectivity index (χ1) is 12.9. The van der Waals surface area contributed by atoms with E-state index in [9.17, 15) is 4.79 Å². The topological polar surface area (TPSA) is 77.0 Å². The number of nitrogen functional groups attached to an aromatic ring is 1. The van der Waals surface area contributed by atoms with E-state index in [1.54, 1.807) is 12.3 Å². The van der Waals surface area contributed by atoms with Crippen molar-refractivity contribution in [2.45, 2.75) is 40.8 Å². The highest BCUT2D eigenvalue weighted by molar-refractivity contribution is 5.96. The Kier molecular flexibility index (Phi) is 5.44. The minimum Gasteiger partial charge on any atom is -0.369 e. The highest BCUT2D eigenvalue weighted by Crippen LogP contribution is 2.19. The predicted octanol–water partition coefficient (Wildman–Crippen LogP) is 3.64. The molecule has 0 spiro atoms. The van der Waals surface area contributed by atoms with Crippen LogP contribution in [-0.2, 0) is 13.1 Å². The summed E-state index contributed by atoms with van der Waals surface area (Å²) in [5, 5.41) is 0. The molecule has 0 aliphatic rings. The molecule has 0 saturated carbocycles. The van der Waals surface area contributed by atoms with Gasteiger partial charge in [-0.15, -0.1) is 0 Å². The molecular weight excluding hydrogens is 338 g/mol. The average molecular weight is 365 g/mol. The van der Waals surface area contributed by atoms with Crippen LogP contribution in [0, 0.1) is 12.8 Å². The SMILES string of the molecule is CCn1c(N)nc2cc(C(=O)N(Cc3ccccc3C)CC(C)C)cnc21. The molecule has 1 amide bonds. The Balaban J connectivity index is 1.93. The molecule has 3 rings (SSSR count). The van der Waals surface area contributed by atoms with E-state index < -0.39 is 0 Å². The summed E-state index contributed by atoms with van der Waals surface area (Å²) in [6.07, 6.45) is 1.63. The molecule has 6 nitrogen and oxygen atoms in total. The lowest BCUT2D eigenvalue weighted by Crippen LogP contribution is -2.34. The third-order valence-corrected chi connectivity index (χ3v) is 4.67. The summed E-state index contributed by atoms with van der Waals surface area (Å²) in [4.78, 5) is 23.9. The molecule has 0 radical (unpaired) electrons. The molecule has 0 aliphatic carbocycles. The Morgan fingerprint density at radius 1 is 1.30 bits per heavy atom. The number of carbonyl (C=O) groups is 1. The van der Waals surface area contributed by atoms with Crippen molar-refractivity contribution < 1.29 is 4.79 Å². The number of nitrogens with two attached hydrogens (primary N) is 1. The van der Waals surface area contributed by atoms with Gasteiger partial charge in [0.05, 0.1) is 5.56 Å². The maximum atomic E-state index is 13.2. The minimum absolute atomic E-state index is 0.0361. The second kappa shape index (κ2) is 7.78. The van der Waals surface area contributed by atoms with Crippen molar-refractivity contribution in [1.29, 1.82) is 0 Å². The van der Waals surface area contributed by atoms with Crippen molar-refractivity contribution in [3.8, 4) is 0 Å². The number of carbonyl (C=O) groups excluding carboxylic acids is 1. The van der Waals surface area contributed by atoms with Crippen LogP contribution in [-0.4, -0.2) is 31.9 Å². The third kappa shape index (κ3) is 3.94. The van der Waals surface area contributed by atoms with Crippen LogP contribution in [0.5, 0.6) is 0 Å². The Labute approximate surface area is 160 Å². The number of pyridine rings is 1. The molecule has 2 N–H and O–H groups in total. The highest BCUT2D eigenvalue weighted by atomic mass is 16.2. The van der Waals surface area contributed by atoms with Gasteiger partial charge in [-0.1, -0.05) is 38.1 Å². The fraction of sp³-hybridized carbons (Fsp3) is 0.381. The molecule has 3 aromatic rings. The van der Waals surface area contributed by atoms with Gasteiger partial charge < -0.3 is 10.6 Å². The maximum Gasteiger partial charge on any atom is 0.255 e. The van der Waals surface area contributed by atoms with Gasteiger partial charge in [-0.05, 0) is 37.0 Å². The number of fused-ring (bicyclic) bond motifs is 1. The standard InChI is InChI=1S/C21H27N5O/c1-5-26-19-18(24-21(26)22)10-17(11-23-19)20(27)25(12-14(2)3)13-16-9-7-6-8-15(16)4/h6-11,14H,5,12-13H2,1-4H3,(H2,22,24). The lowest BCUT2D eigenvalue weighted by atomic mass is 10.1. The van der Waals surface area contributed by atoms with Gasteiger partial charge in [0.1, 0.15) is 5.52 Å². The van der Waals surface area contributed by atoms with E-state index in [-0.39, 0.29) is 5.91 Å². The van der Waals surface area contributed by atoms with Gasteiger partial charge in [0.2, 0.25) is 5.95 Å². The Hall–Kier alpha value is -2.89. The first kappa shape index (κ1) is 18.9. The van der Waals surface area contributed by atoms with Crippen LogP contribution < -0.4 is 5.73 Å². The zero-order valence-electron chi connectivity index (χ0n) is 16.4. The van der Waals surface area contributed by atoms with Gasteiger partial charge >= 0.3 is 0 Å². The van der Waals surface area contributed by atoms with E-state index >= 15 is 0 Å². The normalized spacial score (nSPS) is 11.3. The van der Waals surface area contributed by atoms with Crippen LogP contribution in [0.3, 0.4) is 0 Å². The molecule has 0 saturated heterocycles. The van der Waals surface area contributed by atoms with Gasteiger partial charge in [-0.3, -0.25) is 9.36 Å². The summed E-state index contributed by atoms with van der Waals surface area (Å²) in [6, 6.07) is 9.95. The van der Waals surface area contributed by atoms with Gasteiger partial charge in [0.15, 0.2) is 5.65 Å². The van der Waals surface area contributed by atoms with Gasteiger partial charge in [0, 0.05) is 25.8 Å². The molecule has 0 aliphatic heterocycles. The minimum atomic E-state index is -0.0361. The van der Waals surface area contributed by atoms with Crippen molar-refractivity contribution in [2.75, 3.05) is 12.3 Å². The van der Waals surface area contributed by atoms with Crippen molar-refractivity contribution in [3.63, 3.8) is 0 Å². The van der Waals surface area contributed by atoms with Crippen LogP contribution in [0.25, 0.3) is 11.2 Å².